The van der Waals surface area contributed by atoms with E-state index in [1.165, 1.54) is 6.92 Å². The summed E-state index contributed by atoms with van der Waals surface area (Å²) in [6.45, 7) is 2.64. The van der Waals surface area contributed by atoms with Crippen LogP contribution in [0.5, 0.6) is 11.5 Å². The summed E-state index contributed by atoms with van der Waals surface area (Å²) in [6, 6.07) is 9.76. The van der Waals surface area contributed by atoms with E-state index in [1.807, 2.05) is 0 Å². The molecule has 9 heteroatoms. The summed E-state index contributed by atoms with van der Waals surface area (Å²) >= 11 is 0. The number of ether oxygens (including phenoxy) is 2. The first-order valence-electron chi connectivity index (χ1n) is 9.60. The molecule has 0 bridgehead atoms. The number of carbonyl (C=O) groups is 2. The molecule has 31 heavy (non-hydrogen) atoms. The highest BCUT2D eigenvalue weighted by molar-refractivity contribution is 6.21. The van der Waals surface area contributed by atoms with Gasteiger partial charge in [-0.1, -0.05) is 18.2 Å². The maximum atomic E-state index is 12.9. The van der Waals surface area contributed by atoms with Gasteiger partial charge in [0.2, 0.25) is 0 Å². The van der Waals surface area contributed by atoms with Gasteiger partial charge in [-0.25, -0.2) is 9.59 Å². The van der Waals surface area contributed by atoms with Crippen molar-refractivity contribution in [3.05, 3.63) is 63.7 Å². The largest absolute Gasteiger partial charge is 0.488 e. The van der Waals surface area contributed by atoms with Gasteiger partial charge >= 0.3 is 11.7 Å². The molecule has 160 valence electrons. The van der Waals surface area contributed by atoms with Crippen LogP contribution in [0.3, 0.4) is 0 Å². The van der Waals surface area contributed by atoms with E-state index in [0.717, 1.165) is 0 Å². The number of H-pyrrole nitrogens is 1. The minimum absolute atomic E-state index is 0.0825. The molecule has 4 N–H and O–H groups in total. The van der Waals surface area contributed by atoms with Crippen molar-refractivity contribution in [3.63, 3.8) is 0 Å². The number of allylic oxidation sites excluding steroid dienone is 2. The molecule has 1 aliphatic heterocycles. The first kappa shape index (κ1) is 20.3. The molecular formula is C22H21N3O6. The summed E-state index contributed by atoms with van der Waals surface area (Å²) in [6.07, 6.45) is 0. The summed E-state index contributed by atoms with van der Waals surface area (Å²) < 4.78 is 13.0. The van der Waals surface area contributed by atoms with E-state index in [0.29, 0.717) is 44.9 Å². The van der Waals surface area contributed by atoms with Gasteiger partial charge in [0.05, 0.1) is 5.52 Å². The van der Waals surface area contributed by atoms with Crippen molar-refractivity contribution in [2.75, 3.05) is 13.2 Å². The van der Waals surface area contributed by atoms with Crippen molar-refractivity contribution in [1.29, 1.82) is 0 Å². The second-order valence-corrected chi connectivity index (χ2v) is 7.30. The SMILES string of the molecule is CC(=O)C(=C(C)N)c1ccc2[nH]c(=O)n3c2c1OCC3c1ccccc1OCC(=O)O. The number of hydrogen-bond donors (Lipinski definition) is 3. The average molecular weight is 423 g/mol. The summed E-state index contributed by atoms with van der Waals surface area (Å²) in [5, 5.41) is 8.96. The molecule has 9 nitrogen and oxygen atoms in total. The quantitative estimate of drug-likeness (QED) is 0.516. The Morgan fingerprint density at radius 2 is 2.00 bits per heavy atom. The Bertz CT molecular complexity index is 1300. The Hall–Kier alpha value is -4.01. The van der Waals surface area contributed by atoms with Gasteiger partial charge in [-0.15, -0.1) is 0 Å². The van der Waals surface area contributed by atoms with E-state index in [-0.39, 0.29) is 18.1 Å². The second-order valence-electron chi connectivity index (χ2n) is 7.30. The van der Waals surface area contributed by atoms with E-state index >= 15 is 0 Å². The fourth-order valence-electron chi connectivity index (χ4n) is 4.00. The first-order valence-corrected chi connectivity index (χ1v) is 9.60. The molecule has 1 aromatic heterocycles. The van der Waals surface area contributed by atoms with Crippen molar-refractivity contribution < 1.29 is 24.2 Å². The molecule has 0 amide bonds. The van der Waals surface area contributed by atoms with Gasteiger partial charge < -0.3 is 25.3 Å². The number of aliphatic carboxylic acids is 1. The molecule has 2 aromatic carbocycles. The lowest BCUT2D eigenvalue weighted by atomic mass is 9.97. The molecule has 0 saturated carbocycles. The Labute approximate surface area is 176 Å². The van der Waals surface area contributed by atoms with Gasteiger partial charge in [0.25, 0.3) is 0 Å². The first-order chi connectivity index (χ1) is 14.8. The number of ketones is 1. The lowest BCUT2D eigenvalue weighted by molar-refractivity contribution is -0.139. The van der Waals surface area contributed by atoms with Gasteiger partial charge in [-0.2, -0.15) is 0 Å². The molecule has 1 unspecified atom stereocenters. The van der Waals surface area contributed by atoms with E-state index in [1.54, 1.807) is 47.9 Å². The van der Waals surface area contributed by atoms with Gasteiger partial charge in [-0.3, -0.25) is 9.36 Å². The highest BCUT2D eigenvalue weighted by Crippen LogP contribution is 2.41. The maximum Gasteiger partial charge on any atom is 0.341 e. The number of carbonyl (C=O) groups excluding carboxylic acids is 1. The third-order valence-electron chi connectivity index (χ3n) is 5.17. The van der Waals surface area contributed by atoms with Crippen LogP contribution >= 0.6 is 0 Å². The molecular weight excluding hydrogens is 402 g/mol. The lowest BCUT2D eigenvalue weighted by Crippen LogP contribution is -2.31. The van der Waals surface area contributed by atoms with Crippen molar-refractivity contribution >= 4 is 28.4 Å². The van der Waals surface area contributed by atoms with Crippen LogP contribution in [-0.2, 0) is 9.59 Å². The number of imidazole rings is 1. The number of para-hydroxylation sites is 1. The van der Waals surface area contributed by atoms with Crippen LogP contribution in [0, 0.1) is 0 Å². The minimum atomic E-state index is -1.11. The lowest BCUT2D eigenvalue weighted by Gasteiger charge is -2.28. The number of hydrogen-bond acceptors (Lipinski definition) is 6. The second kappa shape index (κ2) is 7.67. The van der Waals surface area contributed by atoms with Gasteiger partial charge in [0.15, 0.2) is 18.1 Å². The van der Waals surface area contributed by atoms with Crippen LogP contribution in [0.2, 0.25) is 0 Å². The fourth-order valence-corrected chi connectivity index (χ4v) is 4.00. The number of Topliss-reactive ketones (excluding diaryl/α,β-unsaturated/α-hetero) is 1. The number of benzene rings is 2. The Balaban J connectivity index is 1.92. The number of carboxylic acids is 1. The standard InChI is InChI=1S/C22H21N3O6/c1-11(23)19(12(2)26)14-7-8-15-20-21(14)31-9-16(25(20)22(29)24-15)13-5-3-4-6-17(13)30-10-18(27)28/h3-8,16H,9-10,23H2,1-2H3,(H,24,29)(H,27,28). The molecule has 0 spiro atoms. The Kier molecular flexibility index (Phi) is 5.02. The van der Waals surface area contributed by atoms with E-state index in [2.05, 4.69) is 4.98 Å². The van der Waals surface area contributed by atoms with Crippen LogP contribution in [0.4, 0.5) is 0 Å². The molecule has 0 saturated heterocycles. The highest BCUT2D eigenvalue weighted by Gasteiger charge is 2.31. The van der Waals surface area contributed by atoms with Crippen molar-refractivity contribution in [1.82, 2.24) is 9.55 Å². The normalized spacial score (nSPS) is 15.9. The van der Waals surface area contributed by atoms with Crippen molar-refractivity contribution in [2.45, 2.75) is 19.9 Å². The molecule has 2 heterocycles. The summed E-state index contributed by atoms with van der Waals surface area (Å²) in [4.78, 5) is 38.9. The van der Waals surface area contributed by atoms with Crippen molar-refractivity contribution in [2.24, 2.45) is 5.73 Å². The van der Waals surface area contributed by atoms with Crippen LogP contribution in [0.15, 0.2) is 46.9 Å². The average Bonchev–Trinajstić information content (AvgIpc) is 3.06. The third kappa shape index (κ3) is 3.43. The molecule has 1 aliphatic rings. The van der Waals surface area contributed by atoms with E-state index in [9.17, 15) is 14.4 Å². The number of rotatable bonds is 6. The molecule has 0 radical (unpaired) electrons. The monoisotopic (exact) mass is 423 g/mol. The molecule has 4 rings (SSSR count). The van der Waals surface area contributed by atoms with E-state index in [4.69, 9.17) is 20.3 Å². The van der Waals surface area contributed by atoms with E-state index < -0.39 is 18.6 Å². The van der Waals surface area contributed by atoms with Crippen LogP contribution in [0.25, 0.3) is 16.6 Å². The number of nitrogens with two attached hydrogens (primary N) is 1. The van der Waals surface area contributed by atoms with Gasteiger partial charge in [0.1, 0.15) is 23.9 Å². The fraction of sp³-hybridized carbons (Fsp3) is 0.227. The number of nitrogens with one attached hydrogen (secondary N) is 1. The number of aromatic nitrogens is 2. The molecule has 0 aliphatic carbocycles. The number of nitrogens with zero attached hydrogens (tertiary/aromatic N) is 1. The smallest absolute Gasteiger partial charge is 0.341 e. The zero-order valence-corrected chi connectivity index (χ0v) is 17.0. The number of aromatic amines is 1. The molecule has 3 aromatic rings. The predicted octanol–water partition coefficient (Wildman–Crippen LogP) is 2.05. The Morgan fingerprint density at radius 3 is 2.68 bits per heavy atom. The van der Waals surface area contributed by atoms with Gasteiger partial charge in [0, 0.05) is 22.4 Å². The van der Waals surface area contributed by atoms with Gasteiger partial charge in [-0.05, 0) is 32.0 Å². The number of carboxylic acid groups (broad SMARTS) is 1. The topological polar surface area (TPSA) is 137 Å². The molecule has 1 atom stereocenters. The minimum Gasteiger partial charge on any atom is -0.488 e. The molecule has 0 fully saturated rings. The summed E-state index contributed by atoms with van der Waals surface area (Å²) in [5.74, 6) is -0.572. The zero-order valence-electron chi connectivity index (χ0n) is 17.0. The van der Waals surface area contributed by atoms with Crippen LogP contribution in [0.1, 0.15) is 31.0 Å². The predicted molar refractivity (Wildman–Crippen MR) is 113 cm³/mol. The third-order valence-corrected chi connectivity index (χ3v) is 5.17. The maximum absolute atomic E-state index is 12.9. The zero-order chi connectivity index (χ0) is 22.3. The highest BCUT2D eigenvalue weighted by atomic mass is 16.5. The van der Waals surface area contributed by atoms with Crippen molar-refractivity contribution in [3.8, 4) is 11.5 Å². The van der Waals surface area contributed by atoms with Crippen LogP contribution < -0.4 is 20.9 Å². The Morgan fingerprint density at radius 1 is 1.26 bits per heavy atom. The van der Waals surface area contributed by atoms with Crippen LogP contribution in [-0.4, -0.2) is 39.6 Å². The summed E-state index contributed by atoms with van der Waals surface area (Å²) in [7, 11) is 0. The summed E-state index contributed by atoms with van der Waals surface area (Å²) in [5.41, 5.74) is 8.47.